The minimum atomic E-state index is -3.92. The quantitative estimate of drug-likeness (QED) is 0.804. The van der Waals surface area contributed by atoms with Crippen molar-refractivity contribution >= 4 is 33.2 Å². The van der Waals surface area contributed by atoms with Gasteiger partial charge in [0.25, 0.3) is 15.9 Å². The van der Waals surface area contributed by atoms with Crippen LogP contribution in [0.2, 0.25) is 5.02 Å². The zero-order valence-electron chi connectivity index (χ0n) is 16.0. The number of nitrogens with zero attached hydrogens (tertiary/aromatic N) is 2. The van der Waals surface area contributed by atoms with Crippen LogP contribution in [0.3, 0.4) is 0 Å². The lowest BCUT2D eigenvalue weighted by Crippen LogP contribution is -2.48. The van der Waals surface area contributed by atoms with Crippen molar-refractivity contribution in [3.63, 3.8) is 0 Å². The summed E-state index contributed by atoms with van der Waals surface area (Å²) in [5.41, 5.74) is 1.70. The third-order valence-corrected chi connectivity index (χ3v) is 6.71. The number of aryl methyl sites for hydroxylation is 1. The predicted octanol–water partition coefficient (Wildman–Crippen LogP) is 3.23. The lowest BCUT2D eigenvalue weighted by atomic mass is 10.2. The number of nitrogens with one attached hydrogen (secondary N) is 1. The third-order valence-electron chi connectivity index (χ3n) is 4.84. The van der Waals surface area contributed by atoms with E-state index in [0.717, 1.165) is 25.2 Å². The van der Waals surface area contributed by atoms with Crippen molar-refractivity contribution in [1.29, 1.82) is 0 Å². The van der Waals surface area contributed by atoms with Gasteiger partial charge in [0.15, 0.2) is 0 Å². The molecule has 0 aliphatic carbocycles. The summed E-state index contributed by atoms with van der Waals surface area (Å²) in [5, 5.41) is 0.0764. The van der Waals surface area contributed by atoms with Crippen LogP contribution >= 0.6 is 11.6 Å². The molecule has 0 saturated carbocycles. The number of likely N-dealkylation sites (N-methyl/N-ethyl adjacent to an activating group) is 1. The van der Waals surface area contributed by atoms with Gasteiger partial charge in [0, 0.05) is 37.4 Å². The Morgan fingerprint density at radius 2 is 1.82 bits per heavy atom. The van der Waals surface area contributed by atoms with E-state index >= 15 is 0 Å². The molecule has 0 bridgehead atoms. The molecule has 1 amide bonds. The smallest absolute Gasteiger partial charge is 0.263 e. The number of sulfonamides is 1. The average molecular weight is 422 g/mol. The Labute approximate surface area is 171 Å². The van der Waals surface area contributed by atoms with Gasteiger partial charge in [-0.2, -0.15) is 0 Å². The monoisotopic (exact) mass is 421 g/mol. The van der Waals surface area contributed by atoms with E-state index in [0.29, 0.717) is 24.3 Å². The van der Waals surface area contributed by atoms with Gasteiger partial charge in [-0.3, -0.25) is 9.52 Å². The molecule has 8 heteroatoms. The summed E-state index contributed by atoms with van der Waals surface area (Å²) >= 11 is 6.16. The van der Waals surface area contributed by atoms with Crippen LogP contribution in [0.15, 0.2) is 47.4 Å². The minimum absolute atomic E-state index is 0.0764. The second-order valence-corrected chi connectivity index (χ2v) is 8.90. The van der Waals surface area contributed by atoms with Crippen LogP contribution in [-0.4, -0.2) is 56.8 Å². The van der Waals surface area contributed by atoms with Crippen LogP contribution < -0.4 is 4.72 Å². The Morgan fingerprint density at radius 1 is 1.11 bits per heavy atom. The molecule has 0 spiro atoms. The van der Waals surface area contributed by atoms with Crippen molar-refractivity contribution in [2.45, 2.75) is 18.7 Å². The molecule has 0 unspecified atom stereocenters. The van der Waals surface area contributed by atoms with E-state index in [1.807, 2.05) is 13.0 Å². The topological polar surface area (TPSA) is 69.7 Å². The van der Waals surface area contributed by atoms with Gasteiger partial charge in [-0.05, 0) is 49.4 Å². The van der Waals surface area contributed by atoms with Crippen molar-refractivity contribution in [3.8, 4) is 0 Å². The number of piperazine rings is 1. The first-order chi connectivity index (χ1) is 13.3. The van der Waals surface area contributed by atoms with Crippen LogP contribution in [-0.2, 0) is 10.0 Å². The van der Waals surface area contributed by atoms with Gasteiger partial charge < -0.3 is 9.80 Å². The second kappa shape index (κ2) is 8.51. The SMILES string of the molecule is CCN1CCN(C(=O)c2ccc(Cl)c(S(=O)(=O)Nc3cccc(C)c3)c2)CC1. The number of hydrogen-bond donors (Lipinski definition) is 1. The standard InChI is InChI=1S/C20H24ClN3O3S/c1-3-23-9-11-24(12-10-23)20(25)16-7-8-18(21)19(14-16)28(26,27)22-17-6-4-5-15(2)13-17/h4-8,13-14,22H,3,9-12H2,1-2H3. The highest BCUT2D eigenvalue weighted by Crippen LogP contribution is 2.26. The fourth-order valence-electron chi connectivity index (χ4n) is 3.21. The zero-order valence-corrected chi connectivity index (χ0v) is 17.6. The molecule has 1 heterocycles. The van der Waals surface area contributed by atoms with E-state index in [1.165, 1.54) is 12.1 Å². The summed E-state index contributed by atoms with van der Waals surface area (Å²) < 4.78 is 28.2. The van der Waals surface area contributed by atoms with Gasteiger partial charge in [-0.15, -0.1) is 0 Å². The maximum Gasteiger partial charge on any atom is 0.263 e. The van der Waals surface area contributed by atoms with Crippen LogP contribution in [0.4, 0.5) is 5.69 Å². The summed E-state index contributed by atoms with van der Waals surface area (Å²) in [5.74, 6) is -0.181. The maximum atomic E-state index is 12.8. The molecule has 28 heavy (non-hydrogen) atoms. The highest BCUT2D eigenvalue weighted by molar-refractivity contribution is 7.92. The second-order valence-electron chi connectivity index (χ2n) is 6.85. The molecule has 150 valence electrons. The first-order valence-electron chi connectivity index (χ1n) is 9.21. The Morgan fingerprint density at radius 3 is 2.46 bits per heavy atom. The molecular weight excluding hydrogens is 398 g/mol. The highest BCUT2D eigenvalue weighted by atomic mass is 35.5. The molecule has 1 N–H and O–H groups in total. The Bertz CT molecular complexity index is 970. The van der Waals surface area contributed by atoms with E-state index in [9.17, 15) is 13.2 Å². The van der Waals surface area contributed by atoms with E-state index in [2.05, 4.69) is 16.5 Å². The number of halogens is 1. The molecule has 6 nitrogen and oxygen atoms in total. The van der Waals surface area contributed by atoms with Crippen molar-refractivity contribution in [2.75, 3.05) is 37.4 Å². The normalized spacial score (nSPS) is 15.5. The highest BCUT2D eigenvalue weighted by Gasteiger charge is 2.25. The molecule has 0 atom stereocenters. The van der Waals surface area contributed by atoms with Crippen LogP contribution in [0.5, 0.6) is 0 Å². The minimum Gasteiger partial charge on any atom is -0.336 e. The van der Waals surface area contributed by atoms with Crippen molar-refractivity contribution in [2.24, 2.45) is 0 Å². The van der Waals surface area contributed by atoms with Gasteiger partial charge in [-0.25, -0.2) is 8.42 Å². The molecule has 1 aliphatic rings. The van der Waals surface area contributed by atoms with E-state index in [4.69, 9.17) is 11.6 Å². The lowest BCUT2D eigenvalue weighted by molar-refractivity contribution is 0.0643. The Hall–Kier alpha value is -2.09. The molecule has 1 fully saturated rings. The summed E-state index contributed by atoms with van der Waals surface area (Å²) in [6.07, 6.45) is 0. The fourth-order valence-corrected chi connectivity index (χ4v) is 4.79. The van der Waals surface area contributed by atoms with Gasteiger partial charge in [0.2, 0.25) is 0 Å². The molecule has 0 radical (unpaired) electrons. The number of rotatable bonds is 5. The molecule has 2 aromatic carbocycles. The van der Waals surface area contributed by atoms with Crippen molar-refractivity contribution in [1.82, 2.24) is 9.80 Å². The predicted molar refractivity (Wildman–Crippen MR) is 111 cm³/mol. The summed E-state index contributed by atoms with van der Waals surface area (Å²) in [6, 6.07) is 11.4. The van der Waals surface area contributed by atoms with Gasteiger partial charge in [-0.1, -0.05) is 30.7 Å². The van der Waals surface area contributed by atoms with Crippen molar-refractivity contribution in [3.05, 3.63) is 58.6 Å². The molecule has 1 saturated heterocycles. The summed E-state index contributed by atoms with van der Waals surface area (Å²) in [6.45, 7) is 7.80. The molecule has 3 rings (SSSR count). The summed E-state index contributed by atoms with van der Waals surface area (Å²) in [4.78, 5) is 16.8. The number of carbonyl (C=O) groups is 1. The fraction of sp³-hybridized carbons (Fsp3) is 0.350. The number of carbonyl (C=O) groups excluding carboxylic acids is 1. The Kier molecular flexibility index (Phi) is 6.27. The lowest BCUT2D eigenvalue weighted by Gasteiger charge is -2.34. The number of amides is 1. The summed E-state index contributed by atoms with van der Waals surface area (Å²) in [7, 11) is -3.92. The largest absolute Gasteiger partial charge is 0.336 e. The van der Waals surface area contributed by atoms with Gasteiger partial charge in [0.05, 0.1) is 5.02 Å². The molecule has 0 aromatic heterocycles. The molecule has 1 aliphatic heterocycles. The van der Waals surface area contributed by atoms with Crippen LogP contribution in [0, 0.1) is 6.92 Å². The average Bonchev–Trinajstić information content (AvgIpc) is 2.67. The van der Waals surface area contributed by atoms with E-state index < -0.39 is 10.0 Å². The van der Waals surface area contributed by atoms with Crippen LogP contribution in [0.25, 0.3) is 0 Å². The first kappa shape index (κ1) is 20.6. The van der Waals surface area contributed by atoms with E-state index in [-0.39, 0.29) is 15.8 Å². The number of anilines is 1. The van der Waals surface area contributed by atoms with E-state index in [1.54, 1.807) is 29.2 Å². The molecule has 2 aromatic rings. The van der Waals surface area contributed by atoms with Crippen molar-refractivity contribution < 1.29 is 13.2 Å². The third kappa shape index (κ3) is 4.66. The van der Waals surface area contributed by atoms with Gasteiger partial charge in [0.1, 0.15) is 4.90 Å². The number of benzene rings is 2. The first-order valence-corrected chi connectivity index (χ1v) is 11.1. The van der Waals surface area contributed by atoms with Crippen LogP contribution in [0.1, 0.15) is 22.8 Å². The molecular formula is C20H24ClN3O3S. The zero-order chi connectivity index (χ0) is 20.3. The maximum absolute atomic E-state index is 12.8. The Balaban J connectivity index is 1.83. The van der Waals surface area contributed by atoms with Gasteiger partial charge >= 0.3 is 0 Å². The number of hydrogen-bond acceptors (Lipinski definition) is 4.